The van der Waals surface area contributed by atoms with Gasteiger partial charge in [0.25, 0.3) is 0 Å². The van der Waals surface area contributed by atoms with E-state index in [4.69, 9.17) is 4.74 Å². The van der Waals surface area contributed by atoms with Gasteiger partial charge >= 0.3 is 0 Å². The molecule has 0 saturated heterocycles. The first-order valence-electron chi connectivity index (χ1n) is 15.5. The molecule has 0 saturated carbocycles. The number of anilines is 2. The smallest absolute Gasteiger partial charge is 0.119 e. The van der Waals surface area contributed by atoms with Gasteiger partial charge in [-0.3, -0.25) is 0 Å². The van der Waals surface area contributed by atoms with E-state index in [9.17, 15) is 0 Å². The lowest BCUT2D eigenvalue weighted by Gasteiger charge is -2.25. The van der Waals surface area contributed by atoms with E-state index >= 15 is 0 Å². The van der Waals surface area contributed by atoms with Gasteiger partial charge in [-0.05, 0) is 76.2 Å². The molecule has 2 heteroatoms. The molecule has 0 aliphatic carbocycles. The third kappa shape index (κ3) is 7.43. The molecular formula is C44H37NO. The van der Waals surface area contributed by atoms with E-state index < -0.39 is 0 Å². The van der Waals surface area contributed by atoms with E-state index in [1.54, 1.807) is 7.11 Å². The van der Waals surface area contributed by atoms with Crippen LogP contribution in [0.3, 0.4) is 0 Å². The van der Waals surface area contributed by atoms with Crippen molar-refractivity contribution in [3.05, 3.63) is 204 Å². The Morgan fingerprint density at radius 1 is 0.543 bits per heavy atom. The van der Waals surface area contributed by atoms with Crippen LogP contribution in [-0.4, -0.2) is 7.11 Å². The summed E-state index contributed by atoms with van der Waals surface area (Å²) in [6, 6.07) is 55.2. The van der Waals surface area contributed by atoms with Crippen LogP contribution in [0.25, 0.3) is 28.9 Å². The molecule has 0 aliphatic rings. The molecule has 0 aliphatic heterocycles. The third-order valence-electron chi connectivity index (χ3n) is 7.97. The number of benzene rings is 6. The summed E-state index contributed by atoms with van der Waals surface area (Å²) in [5.41, 5.74) is 11.5. The molecule has 46 heavy (non-hydrogen) atoms. The van der Waals surface area contributed by atoms with Crippen molar-refractivity contribution in [1.29, 1.82) is 0 Å². The highest BCUT2D eigenvalue weighted by atomic mass is 16.5. The van der Waals surface area contributed by atoms with Gasteiger partial charge < -0.3 is 9.64 Å². The molecule has 2 nitrogen and oxygen atoms in total. The first kappa shape index (κ1) is 30.2. The van der Waals surface area contributed by atoms with Crippen LogP contribution in [0.2, 0.25) is 0 Å². The predicted molar refractivity (Wildman–Crippen MR) is 196 cm³/mol. The summed E-state index contributed by atoms with van der Waals surface area (Å²) in [6.45, 7) is 2.13. The number of aryl methyl sites for hydroxylation is 1. The first-order valence-corrected chi connectivity index (χ1v) is 15.5. The van der Waals surface area contributed by atoms with Gasteiger partial charge in [0.2, 0.25) is 0 Å². The normalized spacial score (nSPS) is 11.1. The van der Waals surface area contributed by atoms with E-state index in [0.717, 1.165) is 39.4 Å². The molecule has 0 amide bonds. The third-order valence-corrected chi connectivity index (χ3v) is 7.97. The topological polar surface area (TPSA) is 12.5 Å². The Morgan fingerprint density at radius 3 is 1.57 bits per heavy atom. The van der Waals surface area contributed by atoms with Crippen LogP contribution in [0, 0.1) is 6.92 Å². The summed E-state index contributed by atoms with van der Waals surface area (Å²) in [4.78, 5) is 2.28. The van der Waals surface area contributed by atoms with E-state index in [0.29, 0.717) is 0 Å². The van der Waals surface area contributed by atoms with Crippen LogP contribution >= 0.6 is 0 Å². The van der Waals surface area contributed by atoms with Crippen LogP contribution in [0.1, 0.15) is 27.8 Å². The molecule has 6 aromatic carbocycles. The van der Waals surface area contributed by atoms with Gasteiger partial charge in [0.15, 0.2) is 0 Å². The summed E-state index contributed by atoms with van der Waals surface area (Å²) in [6.07, 6.45) is 10.7. The Kier molecular flexibility index (Phi) is 9.67. The molecule has 0 unspecified atom stereocenters. The van der Waals surface area contributed by atoms with Crippen LogP contribution < -0.4 is 9.64 Å². The van der Waals surface area contributed by atoms with Crippen molar-refractivity contribution in [3.63, 3.8) is 0 Å². The molecule has 0 aromatic heterocycles. The van der Waals surface area contributed by atoms with Crippen molar-refractivity contribution in [2.45, 2.75) is 6.92 Å². The number of allylic oxidation sites excluding steroid dienone is 2. The average Bonchev–Trinajstić information content (AvgIpc) is 3.12. The van der Waals surface area contributed by atoms with E-state index in [1.807, 2.05) is 12.1 Å². The molecule has 0 atom stereocenters. The van der Waals surface area contributed by atoms with Gasteiger partial charge in [0.1, 0.15) is 5.75 Å². The standard InChI is InChI=1S/C44H37NO/c1-34-32-42(46-2)30-31-44(34)45(33-43(39-18-8-4-9-19-39)40-20-10-5-11-21-40)41-28-26-38(27-29-41)37-24-22-36(23-25-37)17-13-12-16-35-14-6-3-7-15-35/h3-33H,1-2H3/b16-12+,17-13+. The quantitative estimate of drug-likeness (QED) is 0.146. The molecule has 0 fully saturated rings. The fourth-order valence-electron chi connectivity index (χ4n) is 5.49. The van der Waals surface area contributed by atoms with Crippen molar-refractivity contribution in [3.8, 4) is 16.9 Å². The Morgan fingerprint density at radius 2 is 1.04 bits per heavy atom. The second kappa shape index (κ2) is 14.7. The van der Waals surface area contributed by atoms with Crippen LogP contribution in [0.15, 0.2) is 176 Å². The van der Waals surface area contributed by atoms with Gasteiger partial charge in [0, 0.05) is 23.1 Å². The minimum absolute atomic E-state index is 0.845. The second-order valence-corrected chi connectivity index (χ2v) is 11.1. The highest BCUT2D eigenvalue weighted by Crippen LogP contribution is 2.35. The van der Waals surface area contributed by atoms with Gasteiger partial charge in [-0.1, -0.05) is 152 Å². The Bertz CT molecular complexity index is 1900. The van der Waals surface area contributed by atoms with Crippen LogP contribution in [-0.2, 0) is 0 Å². The molecule has 0 bridgehead atoms. The lowest BCUT2D eigenvalue weighted by atomic mass is 9.98. The molecule has 6 aromatic rings. The van der Waals surface area contributed by atoms with Crippen molar-refractivity contribution < 1.29 is 4.74 Å². The summed E-state index contributed by atoms with van der Waals surface area (Å²) in [7, 11) is 1.71. The fourth-order valence-corrected chi connectivity index (χ4v) is 5.49. The van der Waals surface area contributed by atoms with Gasteiger partial charge in [-0.2, -0.15) is 0 Å². The highest BCUT2D eigenvalue weighted by molar-refractivity contribution is 5.85. The zero-order chi connectivity index (χ0) is 31.6. The fraction of sp³-hybridized carbons (Fsp3) is 0.0455. The number of ether oxygens (including phenoxy) is 1. The number of methoxy groups -OCH3 is 1. The van der Waals surface area contributed by atoms with Gasteiger partial charge in [-0.15, -0.1) is 0 Å². The van der Waals surface area contributed by atoms with E-state index in [-0.39, 0.29) is 0 Å². The predicted octanol–water partition coefficient (Wildman–Crippen LogP) is 11.6. The molecule has 0 heterocycles. The second-order valence-electron chi connectivity index (χ2n) is 11.1. The number of hydrogen-bond donors (Lipinski definition) is 0. The molecule has 0 N–H and O–H groups in total. The minimum Gasteiger partial charge on any atom is -0.497 e. The Hall–Kier alpha value is -5.86. The summed E-state index contributed by atoms with van der Waals surface area (Å²) < 4.78 is 5.53. The summed E-state index contributed by atoms with van der Waals surface area (Å²) in [5.74, 6) is 0.845. The largest absolute Gasteiger partial charge is 0.497 e. The van der Waals surface area contributed by atoms with Gasteiger partial charge in [-0.25, -0.2) is 0 Å². The van der Waals surface area contributed by atoms with Crippen molar-refractivity contribution in [2.24, 2.45) is 0 Å². The maximum Gasteiger partial charge on any atom is 0.119 e. The molecular weight excluding hydrogens is 558 g/mol. The van der Waals surface area contributed by atoms with Crippen molar-refractivity contribution >= 4 is 29.1 Å². The zero-order valence-corrected chi connectivity index (χ0v) is 26.3. The number of nitrogens with zero attached hydrogens (tertiary/aromatic N) is 1. The SMILES string of the molecule is COc1ccc(N(C=C(c2ccccc2)c2ccccc2)c2ccc(-c3ccc(/C=C/C=C/c4ccccc4)cc3)cc2)c(C)c1. The monoisotopic (exact) mass is 595 g/mol. The van der Waals surface area contributed by atoms with E-state index in [2.05, 4.69) is 188 Å². The van der Waals surface area contributed by atoms with Crippen LogP contribution in [0.4, 0.5) is 11.4 Å². The van der Waals surface area contributed by atoms with E-state index in [1.165, 1.54) is 22.3 Å². The summed E-state index contributed by atoms with van der Waals surface area (Å²) >= 11 is 0. The maximum absolute atomic E-state index is 5.53. The Labute approximate surface area is 272 Å². The Balaban J connectivity index is 1.31. The maximum atomic E-state index is 5.53. The number of hydrogen-bond acceptors (Lipinski definition) is 2. The molecule has 6 rings (SSSR count). The van der Waals surface area contributed by atoms with Crippen molar-refractivity contribution in [2.75, 3.05) is 12.0 Å². The minimum atomic E-state index is 0.845. The summed E-state index contributed by atoms with van der Waals surface area (Å²) in [5, 5.41) is 0. The number of rotatable bonds is 10. The lowest BCUT2D eigenvalue weighted by molar-refractivity contribution is 0.414. The molecule has 0 spiro atoms. The van der Waals surface area contributed by atoms with Gasteiger partial charge in [0.05, 0.1) is 7.11 Å². The van der Waals surface area contributed by atoms with Crippen molar-refractivity contribution in [1.82, 2.24) is 0 Å². The first-order chi connectivity index (χ1) is 22.7. The average molecular weight is 596 g/mol. The molecule has 0 radical (unpaired) electrons. The lowest BCUT2D eigenvalue weighted by Crippen LogP contribution is -2.12. The zero-order valence-electron chi connectivity index (χ0n) is 26.3. The highest BCUT2D eigenvalue weighted by Gasteiger charge is 2.15. The molecule has 224 valence electrons. The van der Waals surface area contributed by atoms with Crippen LogP contribution in [0.5, 0.6) is 5.75 Å².